The summed E-state index contributed by atoms with van der Waals surface area (Å²) in [5.41, 5.74) is 0. The Labute approximate surface area is 92.9 Å². The molecule has 3 nitrogen and oxygen atoms in total. The Hall–Kier alpha value is -0.830. The van der Waals surface area contributed by atoms with E-state index >= 15 is 0 Å². The molecule has 0 saturated carbocycles. The van der Waals surface area contributed by atoms with Gasteiger partial charge in [0.1, 0.15) is 5.82 Å². The van der Waals surface area contributed by atoms with E-state index in [-0.39, 0.29) is 0 Å². The van der Waals surface area contributed by atoms with Crippen LogP contribution in [0.5, 0.6) is 0 Å². The van der Waals surface area contributed by atoms with Gasteiger partial charge in [0.05, 0.1) is 6.04 Å². The first-order chi connectivity index (χ1) is 7.15. The lowest BCUT2D eigenvalue weighted by atomic mass is 10.0. The molecular formula is C12H23N3. The molecule has 0 radical (unpaired) electrons. The second-order valence-corrected chi connectivity index (χ2v) is 4.53. The van der Waals surface area contributed by atoms with Crippen molar-refractivity contribution in [1.82, 2.24) is 14.9 Å². The second kappa shape index (κ2) is 5.91. The second-order valence-electron chi connectivity index (χ2n) is 4.53. The highest BCUT2D eigenvalue weighted by Gasteiger charge is 2.16. The molecule has 3 heteroatoms. The first-order valence-electron chi connectivity index (χ1n) is 5.85. The van der Waals surface area contributed by atoms with Crippen molar-refractivity contribution in [2.24, 2.45) is 13.0 Å². The molecule has 0 saturated heterocycles. The highest BCUT2D eigenvalue weighted by atomic mass is 15.1. The summed E-state index contributed by atoms with van der Waals surface area (Å²) >= 11 is 0. The van der Waals surface area contributed by atoms with Crippen LogP contribution in [0.3, 0.4) is 0 Å². The number of aromatic nitrogens is 2. The lowest BCUT2D eigenvalue weighted by Crippen LogP contribution is -2.26. The Morgan fingerprint density at radius 3 is 2.67 bits per heavy atom. The van der Waals surface area contributed by atoms with Gasteiger partial charge in [-0.3, -0.25) is 0 Å². The van der Waals surface area contributed by atoms with Crippen molar-refractivity contribution in [3.05, 3.63) is 18.2 Å². The quantitative estimate of drug-likeness (QED) is 0.780. The minimum Gasteiger partial charge on any atom is -0.337 e. The van der Waals surface area contributed by atoms with Crippen molar-refractivity contribution in [3.63, 3.8) is 0 Å². The Balaban J connectivity index is 2.67. The van der Waals surface area contributed by atoms with E-state index in [1.807, 2.05) is 12.4 Å². The highest BCUT2D eigenvalue weighted by molar-refractivity contribution is 4.98. The van der Waals surface area contributed by atoms with E-state index in [0.717, 1.165) is 18.8 Å². The number of rotatable bonds is 6. The fraction of sp³-hybridized carbons (Fsp3) is 0.750. The SMILES string of the molecule is CCCNC(CC(C)C)c1nccn1C. The van der Waals surface area contributed by atoms with Crippen LogP contribution < -0.4 is 5.32 Å². The van der Waals surface area contributed by atoms with Crippen LogP contribution in [0, 0.1) is 5.92 Å². The van der Waals surface area contributed by atoms with E-state index < -0.39 is 0 Å². The Kier molecular flexibility index (Phi) is 4.82. The molecule has 0 amide bonds. The smallest absolute Gasteiger partial charge is 0.125 e. The van der Waals surface area contributed by atoms with Gasteiger partial charge in [-0.2, -0.15) is 0 Å². The monoisotopic (exact) mass is 209 g/mol. The van der Waals surface area contributed by atoms with Crippen LogP contribution in [-0.2, 0) is 7.05 Å². The van der Waals surface area contributed by atoms with Gasteiger partial charge in [-0.15, -0.1) is 0 Å². The molecule has 1 unspecified atom stereocenters. The van der Waals surface area contributed by atoms with Crippen molar-refractivity contribution < 1.29 is 0 Å². The van der Waals surface area contributed by atoms with Gasteiger partial charge in [0, 0.05) is 19.4 Å². The van der Waals surface area contributed by atoms with E-state index in [1.54, 1.807) is 0 Å². The number of hydrogen-bond donors (Lipinski definition) is 1. The number of imidazole rings is 1. The number of nitrogens with one attached hydrogen (secondary N) is 1. The zero-order valence-electron chi connectivity index (χ0n) is 10.3. The van der Waals surface area contributed by atoms with Gasteiger partial charge in [0.25, 0.3) is 0 Å². The number of hydrogen-bond acceptors (Lipinski definition) is 2. The summed E-state index contributed by atoms with van der Waals surface area (Å²) < 4.78 is 2.11. The third kappa shape index (κ3) is 3.67. The summed E-state index contributed by atoms with van der Waals surface area (Å²) in [6, 6.07) is 0.393. The summed E-state index contributed by atoms with van der Waals surface area (Å²) in [5, 5.41) is 3.56. The van der Waals surface area contributed by atoms with Gasteiger partial charge in [-0.05, 0) is 25.3 Å². The molecule has 1 aromatic heterocycles. The maximum absolute atomic E-state index is 4.42. The van der Waals surface area contributed by atoms with Crippen molar-refractivity contribution in [2.45, 2.75) is 39.7 Å². The van der Waals surface area contributed by atoms with Gasteiger partial charge in [0.15, 0.2) is 0 Å². The van der Waals surface area contributed by atoms with Crippen molar-refractivity contribution in [1.29, 1.82) is 0 Å². The molecule has 0 aliphatic carbocycles. The first kappa shape index (κ1) is 12.2. The largest absolute Gasteiger partial charge is 0.337 e. The average molecular weight is 209 g/mol. The van der Waals surface area contributed by atoms with Crippen LogP contribution in [0.1, 0.15) is 45.5 Å². The summed E-state index contributed by atoms with van der Waals surface area (Å²) in [5.74, 6) is 1.84. The lowest BCUT2D eigenvalue weighted by Gasteiger charge is -2.20. The minimum absolute atomic E-state index is 0.393. The molecule has 15 heavy (non-hydrogen) atoms. The van der Waals surface area contributed by atoms with Gasteiger partial charge in [0.2, 0.25) is 0 Å². The molecule has 1 aromatic rings. The lowest BCUT2D eigenvalue weighted by molar-refractivity contribution is 0.407. The van der Waals surface area contributed by atoms with E-state index in [1.165, 1.54) is 6.42 Å². The maximum atomic E-state index is 4.42. The molecular weight excluding hydrogens is 186 g/mol. The molecule has 0 aliphatic rings. The fourth-order valence-corrected chi connectivity index (χ4v) is 1.78. The fourth-order valence-electron chi connectivity index (χ4n) is 1.78. The summed E-state index contributed by atoms with van der Waals surface area (Å²) in [6.07, 6.45) is 6.19. The molecule has 0 bridgehead atoms. The van der Waals surface area contributed by atoms with Crippen molar-refractivity contribution in [3.8, 4) is 0 Å². The van der Waals surface area contributed by atoms with Gasteiger partial charge in [-0.25, -0.2) is 4.98 Å². The van der Waals surface area contributed by atoms with E-state index in [4.69, 9.17) is 0 Å². The highest BCUT2D eigenvalue weighted by Crippen LogP contribution is 2.19. The molecule has 1 heterocycles. The maximum Gasteiger partial charge on any atom is 0.125 e. The summed E-state index contributed by atoms with van der Waals surface area (Å²) in [7, 11) is 2.06. The average Bonchev–Trinajstić information content (AvgIpc) is 2.58. The van der Waals surface area contributed by atoms with Crippen LogP contribution >= 0.6 is 0 Å². The third-order valence-electron chi connectivity index (χ3n) is 2.52. The van der Waals surface area contributed by atoms with Gasteiger partial charge in [-0.1, -0.05) is 20.8 Å². The Morgan fingerprint density at radius 1 is 1.47 bits per heavy atom. The van der Waals surface area contributed by atoms with E-state index in [9.17, 15) is 0 Å². The van der Waals surface area contributed by atoms with Crippen LogP contribution in [0.4, 0.5) is 0 Å². The van der Waals surface area contributed by atoms with E-state index in [2.05, 4.69) is 42.7 Å². The minimum atomic E-state index is 0.393. The molecule has 0 aromatic carbocycles. The normalized spacial score (nSPS) is 13.4. The van der Waals surface area contributed by atoms with Crippen LogP contribution in [0.25, 0.3) is 0 Å². The third-order valence-corrected chi connectivity index (χ3v) is 2.52. The molecule has 0 fully saturated rings. The summed E-state index contributed by atoms with van der Waals surface area (Å²) in [4.78, 5) is 4.42. The van der Waals surface area contributed by atoms with Crippen molar-refractivity contribution in [2.75, 3.05) is 6.54 Å². The van der Waals surface area contributed by atoms with Crippen LogP contribution in [-0.4, -0.2) is 16.1 Å². The Morgan fingerprint density at radius 2 is 2.20 bits per heavy atom. The molecule has 1 atom stereocenters. The van der Waals surface area contributed by atoms with Crippen molar-refractivity contribution >= 4 is 0 Å². The van der Waals surface area contributed by atoms with Crippen LogP contribution in [0.15, 0.2) is 12.4 Å². The number of aryl methyl sites for hydroxylation is 1. The van der Waals surface area contributed by atoms with Gasteiger partial charge < -0.3 is 9.88 Å². The van der Waals surface area contributed by atoms with Crippen LogP contribution in [0.2, 0.25) is 0 Å². The topological polar surface area (TPSA) is 29.9 Å². The number of nitrogens with zero attached hydrogens (tertiary/aromatic N) is 2. The zero-order valence-corrected chi connectivity index (χ0v) is 10.3. The standard InChI is InChI=1S/C12H23N3/c1-5-6-13-11(9-10(2)3)12-14-7-8-15(12)4/h7-8,10-11,13H,5-6,9H2,1-4H3. The van der Waals surface area contributed by atoms with Gasteiger partial charge >= 0.3 is 0 Å². The predicted molar refractivity (Wildman–Crippen MR) is 63.7 cm³/mol. The molecule has 86 valence electrons. The first-order valence-corrected chi connectivity index (χ1v) is 5.85. The molecule has 1 N–H and O–H groups in total. The molecule has 1 rings (SSSR count). The van der Waals surface area contributed by atoms with E-state index in [0.29, 0.717) is 12.0 Å². The molecule has 0 spiro atoms. The predicted octanol–water partition coefficient (Wildman–Crippen LogP) is 2.51. The zero-order chi connectivity index (χ0) is 11.3. The summed E-state index contributed by atoms with van der Waals surface area (Å²) in [6.45, 7) is 7.76. The molecule has 0 aliphatic heterocycles. The Bertz CT molecular complexity index is 278.